The van der Waals surface area contributed by atoms with Crippen molar-refractivity contribution in [2.45, 2.75) is 89.8 Å². The zero-order valence-corrected chi connectivity index (χ0v) is 26.9. The van der Waals surface area contributed by atoms with Crippen molar-refractivity contribution in [2.75, 3.05) is 33.1 Å². The lowest BCUT2D eigenvalue weighted by atomic mass is 9.85. The molecule has 1 heterocycles. The molecule has 0 radical (unpaired) electrons. The molecular weight excluding hydrogens is 529 g/mol. The van der Waals surface area contributed by atoms with Crippen molar-refractivity contribution < 1.29 is 18.7 Å². The third kappa shape index (κ3) is 6.89. The van der Waals surface area contributed by atoms with E-state index in [4.69, 9.17) is 37.1 Å². The van der Waals surface area contributed by atoms with Crippen molar-refractivity contribution >= 4 is 45.5 Å². The number of benzene rings is 1. The third-order valence-corrected chi connectivity index (χ3v) is 15.2. The summed E-state index contributed by atoms with van der Waals surface area (Å²) in [5.41, 5.74) is 0.467. The summed E-state index contributed by atoms with van der Waals surface area (Å²) in [6, 6.07) is 4.71. The molecule has 1 spiro atoms. The fourth-order valence-electron chi connectivity index (χ4n) is 4.54. The quantitative estimate of drug-likeness (QED) is 0.145. The maximum atomic E-state index is 13.5. The van der Waals surface area contributed by atoms with Gasteiger partial charge in [-0.15, -0.1) is 0 Å². The summed E-state index contributed by atoms with van der Waals surface area (Å²) in [6.07, 6.45) is 2.59. The van der Waals surface area contributed by atoms with Crippen LogP contribution >= 0.6 is 23.2 Å². The van der Waals surface area contributed by atoms with E-state index in [1.54, 1.807) is 6.07 Å². The minimum absolute atomic E-state index is 0.0329. The van der Waals surface area contributed by atoms with Gasteiger partial charge in [-0.05, 0) is 55.6 Å². The highest BCUT2D eigenvalue weighted by atomic mass is 35.5. The Hall–Kier alpha value is -0.576. The summed E-state index contributed by atoms with van der Waals surface area (Å²) in [5.74, 6) is 0.868. The fourth-order valence-corrected chi connectivity index (χ4v) is 6.84. The van der Waals surface area contributed by atoms with Gasteiger partial charge in [-0.2, -0.15) is 0 Å². The van der Waals surface area contributed by atoms with Gasteiger partial charge in [-0.1, -0.05) is 63.6 Å². The molecule has 3 rings (SSSR count). The number of rotatable bonds is 12. The Morgan fingerprint density at radius 1 is 1.08 bits per heavy atom. The SMILES string of the molecule is CC(C)(C)[Si](C)(C)OCCCN1CC(c2c(OCOCC[Si](C)(C)C)ccc(Cl)c2Cl)C2(CC2)C1=O. The summed E-state index contributed by atoms with van der Waals surface area (Å²) in [4.78, 5) is 15.5. The van der Waals surface area contributed by atoms with Crippen LogP contribution in [-0.2, 0) is 14.0 Å². The monoisotopic (exact) mass is 573 g/mol. The highest BCUT2D eigenvalue weighted by Gasteiger charge is 2.63. The van der Waals surface area contributed by atoms with Gasteiger partial charge in [0.05, 0.1) is 15.5 Å². The first-order chi connectivity index (χ1) is 16.6. The van der Waals surface area contributed by atoms with E-state index in [0.29, 0.717) is 42.1 Å². The molecule has 1 aliphatic carbocycles. The molecule has 0 aromatic heterocycles. The molecule has 1 saturated carbocycles. The van der Waals surface area contributed by atoms with Gasteiger partial charge in [0, 0.05) is 45.9 Å². The number of carbonyl (C=O) groups is 1. The molecular formula is C27H45Cl2NO4Si2. The van der Waals surface area contributed by atoms with Gasteiger partial charge in [0.1, 0.15) is 5.75 Å². The molecule has 1 atom stereocenters. The summed E-state index contributed by atoms with van der Waals surface area (Å²) in [5, 5.41) is 1.16. The highest BCUT2D eigenvalue weighted by Crippen LogP contribution is 2.63. The van der Waals surface area contributed by atoms with Gasteiger partial charge < -0.3 is 18.8 Å². The first-order valence-electron chi connectivity index (χ1n) is 13.2. The lowest BCUT2D eigenvalue weighted by Crippen LogP contribution is -2.41. The molecule has 0 N–H and O–H groups in total. The molecule has 1 aromatic carbocycles. The van der Waals surface area contributed by atoms with E-state index in [2.05, 4.69) is 53.5 Å². The second-order valence-electron chi connectivity index (χ2n) is 13.2. The molecule has 1 unspecified atom stereocenters. The number of nitrogens with zero attached hydrogens (tertiary/aromatic N) is 1. The molecule has 2 fully saturated rings. The fraction of sp³-hybridized carbons (Fsp3) is 0.741. The zero-order chi connectivity index (χ0) is 26.9. The van der Waals surface area contributed by atoms with Crippen LogP contribution in [0.2, 0.25) is 53.9 Å². The van der Waals surface area contributed by atoms with Crippen LogP contribution in [0.15, 0.2) is 12.1 Å². The number of halogens is 2. The van der Waals surface area contributed by atoms with Gasteiger partial charge in [0.25, 0.3) is 0 Å². The Kier molecular flexibility index (Phi) is 9.38. The topological polar surface area (TPSA) is 48.0 Å². The van der Waals surface area contributed by atoms with Crippen LogP contribution in [-0.4, -0.2) is 60.3 Å². The minimum atomic E-state index is -1.79. The van der Waals surface area contributed by atoms with Gasteiger partial charge in [-0.25, -0.2) is 0 Å². The largest absolute Gasteiger partial charge is 0.467 e. The number of likely N-dealkylation sites (tertiary alicyclic amines) is 1. The first kappa shape index (κ1) is 30.0. The van der Waals surface area contributed by atoms with Crippen molar-refractivity contribution in [3.8, 4) is 5.75 Å². The molecule has 1 saturated heterocycles. The molecule has 1 amide bonds. The van der Waals surface area contributed by atoms with E-state index in [9.17, 15) is 4.79 Å². The molecule has 2 aliphatic rings. The second-order valence-corrected chi connectivity index (χ2v) is 24.4. The average Bonchev–Trinajstić information content (AvgIpc) is 3.51. The predicted molar refractivity (Wildman–Crippen MR) is 155 cm³/mol. The van der Waals surface area contributed by atoms with Gasteiger partial charge in [0.2, 0.25) is 5.91 Å². The number of carbonyl (C=O) groups excluding carboxylic acids is 1. The molecule has 1 aromatic rings. The maximum absolute atomic E-state index is 13.5. The van der Waals surface area contributed by atoms with E-state index in [1.165, 1.54) is 0 Å². The summed E-state index contributed by atoms with van der Waals surface area (Å²) in [7, 11) is -2.96. The minimum Gasteiger partial charge on any atom is -0.467 e. The van der Waals surface area contributed by atoms with Crippen molar-refractivity contribution in [1.82, 2.24) is 4.90 Å². The van der Waals surface area contributed by atoms with E-state index in [-0.39, 0.29) is 29.1 Å². The molecule has 5 nitrogen and oxygen atoms in total. The normalized spacial score (nSPS) is 19.9. The summed E-state index contributed by atoms with van der Waals surface area (Å²) in [6.45, 7) is 21.1. The van der Waals surface area contributed by atoms with Crippen molar-refractivity contribution in [2.24, 2.45) is 5.41 Å². The van der Waals surface area contributed by atoms with E-state index < -0.39 is 16.4 Å². The predicted octanol–water partition coefficient (Wildman–Crippen LogP) is 7.80. The zero-order valence-electron chi connectivity index (χ0n) is 23.4. The van der Waals surface area contributed by atoms with Gasteiger partial charge in [0.15, 0.2) is 15.1 Å². The molecule has 1 aliphatic heterocycles. The Labute approximate surface area is 230 Å². The van der Waals surface area contributed by atoms with Crippen LogP contribution < -0.4 is 4.74 Å². The Morgan fingerprint density at radius 2 is 1.75 bits per heavy atom. The molecule has 204 valence electrons. The molecule has 0 bridgehead atoms. The highest BCUT2D eigenvalue weighted by molar-refractivity contribution is 6.76. The van der Waals surface area contributed by atoms with Crippen LogP contribution in [0.4, 0.5) is 0 Å². The van der Waals surface area contributed by atoms with Crippen molar-refractivity contribution in [1.29, 1.82) is 0 Å². The van der Waals surface area contributed by atoms with E-state index in [1.807, 2.05) is 11.0 Å². The number of amides is 1. The summed E-state index contributed by atoms with van der Waals surface area (Å²) < 4.78 is 18.2. The second kappa shape index (κ2) is 11.3. The third-order valence-electron chi connectivity index (χ3n) is 8.15. The van der Waals surface area contributed by atoms with Gasteiger partial charge >= 0.3 is 0 Å². The lowest BCUT2D eigenvalue weighted by Gasteiger charge is -2.36. The van der Waals surface area contributed by atoms with Crippen molar-refractivity contribution in [3.05, 3.63) is 27.7 Å². The molecule has 9 heteroatoms. The van der Waals surface area contributed by atoms with Crippen LogP contribution in [0.1, 0.15) is 51.5 Å². The number of ether oxygens (including phenoxy) is 2. The standard InChI is InChI=1S/C27H45Cl2NO4Si2/c1-26(2,3)36(7,8)34-15-9-14-30-18-20(27(12-13-27)25(30)31)23-22(11-10-21(28)24(23)29)33-19-32-16-17-35(4,5)6/h10-11,20H,9,12-19H2,1-8H3. The van der Waals surface area contributed by atoms with Crippen molar-refractivity contribution in [3.63, 3.8) is 0 Å². The van der Waals surface area contributed by atoms with Gasteiger partial charge in [-0.3, -0.25) is 4.79 Å². The number of hydrogen-bond acceptors (Lipinski definition) is 4. The Morgan fingerprint density at radius 3 is 2.33 bits per heavy atom. The Bertz CT molecular complexity index is 939. The van der Waals surface area contributed by atoms with E-state index >= 15 is 0 Å². The Balaban J connectivity index is 1.67. The average molecular weight is 575 g/mol. The maximum Gasteiger partial charge on any atom is 0.229 e. The number of hydrogen-bond donors (Lipinski definition) is 0. The van der Waals surface area contributed by atoms with E-state index in [0.717, 1.165) is 30.9 Å². The smallest absolute Gasteiger partial charge is 0.229 e. The first-order valence-corrected chi connectivity index (χ1v) is 20.6. The van der Waals surface area contributed by atoms with Crippen LogP contribution in [0, 0.1) is 5.41 Å². The lowest BCUT2D eigenvalue weighted by molar-refractivity contribution is -0.132. The van der Waals surface area contributed by atoms with Crippen LogP contribution in [0.5, 0.6) is 5.75 Å². The summed E-state index contributed by atoms with van der Waals surface area (Å²) >= 11 is 13.2. The van der Waals surface area contributed by atoms with Crippen LogP contribution in [0.3, 0.4) is 0 Å². The van der Waals surface area contributed by atoms with Crippen LogP contribution in [0.25, 0.3) is 0 Å². The molecule has 36 heavy (non-hydrogen) atoms.